The average molecular weight is 259 g/mol. The molecular weight excluding hydrogens is 236 g/mol. The summed E-state index contributed by atoms with van der Waals surface area (Å²) in [7, 11) is 0. The molecule has 2 rings (SSSR count). The molecule has 0 saturated carbocycles. The van der Waals surface area contributed by atoms with Crippen LogP contribution in [0.25, 0.3) is 5.57 Å². The van der Waals surface area contributed by atoms with Crippen molar-refractivity contribution in [3.05, 3.63) is 41.1 Å². The Bertz CT molecular complexity index is 486. The van der Waals surface area contributed by atoms with Crippen molar-refractivity contribution < 1.29 is 0 Å². The van der Waals surface area contributed by atoms with E-state index >= 15 is 0 Å². The number of hydroxylamine groups is 1. The van der Waals surface area contributed by atoms with Gasteiger partial charge in [0.15, 0.2) is 0 Å². The highest BCUT2D eigenvalue weighted by Crippen LogP contribution is 2.47. The molecule has 0 aliphatic heterocycles. The topological polar surface area (TPSA) is 61.1 Å². The van der Waals surface area contributed by atoms with Crippen LogP contribution in [-0.2, 0) is 0 Å². The molecular formula is C16H23N2O-. The molecule has 0 amide bonds. The Kier molecular flexibility index (Phi) is 3.45. The van der Waals surface area contributed by atoms with Crippen LogP contribution < -0.4 is 11.2 Å². The molecule has 19 heavy (non-hydrogen) atoms. The fourth-order valence-electron chi connectivity index (χ4n) is 3.38. The predicted molar refractivity (Wildman–Crippen MR) is 81.3 cm³/mol. The minimum Gasteiger partial charge on any atom is -0.788 e. The van der Waals surface area contributed by atoms with E-state index in [-0.39, 0.29) is 16.9 Å². The minimum atomic E-state index is -0.166. The molecule has 0 bridgehead atoms. The number of benzene rings is 1. The first-order chi connectivity index (χ1) is 8.76. The van der Waals surface area contributed by atoms with Gasteiger partial charge >= 0.3 is 0 Å². The predicted octanol–water partition coefficient (Wildman–Crippen LogP) is 3.56. The molecule has 0 radical (unpaired) electrons. The van der Waals surface area contributed by atoms with E-state index < -0.39 is 0 Å². The number of nitrogens with two attached hydrogens (primary N) is 1. The molecule has 0 fully saturated rings. The third-order valence-electron chi connectivity index (χ3n) is 4.12. The van der Waals surface area contributed by atoms with Gasteiger partial charge in [-0.15, -0.1) is 0 Å². The van der Waals surface area contributed by atoms with Crippen molar-refractivity contribution in [2.45, 2.75) is 40.2 Å². The number of anilines is 1. The van der Waals surface area contributed by atoms with Crippen molar-refractivity contribution in [2.24, 2.45) is 10.8 Å². The van der Waals surface area contributed by atoms with Gasteiger partial charge in [0.2, 0.25) is 0 Å². The van der Waals surface area contributed by atoms with E-state index in [2.05, 4.69) is 51.4 Å². The van der Waals surface area contributed by atoms with E-state index in [1.165, 1.54) is 11.1 Å². The van der Waals surface area contributed by atoms with E-state index in [0.29, 0.717) is 0 Å². The van der Waals surface area contributed by atoms with Crippen LogP contribution in [0.15, 0.2) is 30.3 Å². The maximum atomic E-state index is 11.3. The lowest BCUT2D eigenvalue weighted by molar-refractivity contribution is 0.152. The van der Waals surface area contributed by atoms with Gasteiger partial charge in [-0.1, -0.05) is 45.9 Å². The molecule has 0 saturated heterocycles. The van der Waals surface area contributed by atoms with E-state index in [1.807, 2.05) is 12.1 Å². The maximum Gasteiger partial charge on any atom is 0.0314 e. The van der Waals surface area contributed by atoms with Crippen LogP contribution in [0.3, 0.4) is 0 Å². The summed E-state index contributed by atoms with van der Waals surface area (Å²) in [6.07, 6.45) is 3.11. The number of rotatable bonds is 2. The van der Waals surface area contributed by atoms with Crippen molar-refractivity contribution in [1.29, 1.82) is 0 Å². The van der Waals surface area contributed by atoms with Gasteiger partial charge < -0.3 is 16.4 Å². The normalized spacial score (nSPS) is 24.9. The van der Waals surface area contributed by atoms with Gasteiger partial charge in [-0.2, -0.15) is 0 Å². The summed E-state index contributed by atoms with van der Waals surface area (Å²) in [5.74, 6) is 0. The second-order valence-electron chi connectivity index (χ2n) is 6.83. The van der Waals surface area contributed by atoms with Crippen LogP contribution in [0.2, 0.25) is 0 Å². The molecule has 1 aliphatic rings. The van der Waals surface area contributed by atoms with Crippen LogP contribution in [0, 0.1) is 16.0 Å². The van der Waals surface area contributed by atoms with E-state index in [0.717, 1.165) is 12.1 Å². The van der Waals surface area contributed by atoms with Crippen molar-refractivity contribution in [3.8, 4) is 0 Å². The third-order valence-corrected chi connectivity index (χ3v) is 4.12. The van der Waals surface area contributed by atoms with Gasteiger partial charge in [0.1, 0.15) is 0 Å². The van der Waals surface area contributed by atoms with E-state index in [1.54, 1.807) is 0 Å². The third kappa shape index (κ3) is 2.67. The molecule has 0 spiro atoms. The van der Waals surface area contributed by atoms with Gasteiger partial charge in [-0.25, -0.2) is 0 Å². The Labute approximate surface area is 115 Å². The largest absolute Gasteiger partial charge is 0.788 e. The van der Waals surface area contributed by atoms with Crippen molar-refractivity contribution in [1.82, 2.24) is 5.48 Å². The lowest BCUT2D eigenvalue weighted by Gasteiger charge is -2.50. The number of hydrogen-bond donors (Lipinski definition) is 2. The fourth-order valence-corrected chi connectivity index (χ4v) is 3.38. The highest BCUT2D eigenvalue weighted by molar-refractivity contribution is 5.69. The molecule has 104 valence electrons. The first kappa shape index (κ1) is 14.1. The molecule has 1 atom stereocenters. The number of allylic oxidation sites excluding steroid dienone is 1. The van der Waals surface area contributed by atoms with Gasteiger partial charge in [-0.05, 0) is 40.5 Å². The monoisotopic (exact) mass is 259 g/mol. The van der Waals surface area contributed by atoms with Gasteiger partial charge in [0, 0.05) is 11.7 Å². The molecule has 3 nitrogen and oxygen atoms in total. The first-order valence-corrected chi connectivity index (χ1v) is 6.71. The summed E-state index contributed by atoms with van der Waals surface area (Å²) < 4.78 is 0. The average Bonchev–Trinajstić information content (AvgIpc) is 2.27. The molecule has 1 aromatic rings. The van der Waals surface area contributed by atoms with Gasteiger partial charge in [0.25, 0.3) is 0 Å². The molecule has 0 heterocycles. The van der Waals surface area contributed by atoms with Crippen LogP contribution in [0.5, 0.6) is 0 Å². The standard InChI is InChI=1S/C16H23N2O/c1-15(2)9-12(10-16(3,4)14(15)18-19)11-5-7-13(17)8-6-11/h5-9,14,18H,10,17H2,1-4H3/q-1. The minimum absolute atomic E-state index is 0.0717. The zero-order chi connectivity index (χ0) is 14.3. The first-order valence-electron chi connectivity index (χ1n) is 6.71. The van der Waals surface area contributed by atoms with E-state index in [9.17, 15) is 5.21 Å². The van der Waals surface area contributed by atoms with Crippen molar-refractivity contribution in [3.63, 3.8) is 0 Å². The molecule has 3 N–H and O–H groups in total. The van der Waals surface area contributed by atoms with E-state index in [4.69, 9.17) is 5.73 Å². The number of nitrogens with one attached hydrogen (secondary N) is 1. The van der Waals surface area contributed by atoms with Crippen molar-refractivity contribution in [2.75, 3.05) is 5.73 Å². The Balaban J connectivity index is 2.43. The smallest absolute Gasteiger partial charge is 0.0314 e. The quantitative estimate of drug-likeness (QED) is 0.630. The maximum absolute atomic E-state index is 11.3. The zero-order valence-electron chi connectivity index (χ0n) is 12.2. The van der Waals surface area contributed by atoms with Crippen LogP contribution in [0.1, 0.15) is 39.7 Å². The highest BCUT2D eigenvalue weighted by atomic mass is 16.5. The molecule has 1 aliphatic carbocycles. The summed E-state index contributed by atoms with van der Waals surface area (Å²) in [4.78, 5) is 0. The highest BCUT2D eigenvalue weighted by Gasteiger charge is 2.41. The van der Waals surface area contributed by atoms with Crippen LogP contribution in [0.4, 0.5) is 5.69 Å². The fraction of sp³-hybridized carbons (Fsp3) is 0.500. The second kappa shape index (κ2) is 4.66. The second-order valence-corrected chi connectivity index (χ2v) is 6.83. The number of hydrogen-bond acceptors (Lipinski definition) is 3. The summed E-state index contributed by atoms with van der Waals surface area (Å²) in [5, 5.41) is 11.3. The summed E-state index contributed by atoms with van der Waals surface area (Å²) >= 11 is 0. The van der Waals surface area contributed by atoms with Crippen molar-refractivity contribution >= 4 is 11.3 Å². The zero-order valence-corrected chi connectivity index (χ0v) is 12.2. The Morgan fingerprint density at radius 1 is 1.16 bits per heavy atom. The Morgan fingerprint density at radius 3 is 2.21 bits per heavy atom. The van der Waals surface area contributed by atoms with Gasteiger partial charge in [0.05, 0.1) is 0 Å². The lowest BCUT2D eigenvalue weighted by Crippen LogP contribution is -2.51. The molecule has 1 aromatic carbocycles. The molecule has 3 heteroatoms. The summed E-state index contributed by atoms with van der Waals surface area (Å²) in [6.45, 7) is 8.52. The summed E-state index contributed by atoms with van der Waals surface area (Å²) in [6, 6.07) is 7.89. The van der Waals surface area contributed by atoms with Crippen LogP contribution >= 0.6 is 0 Å². The molecule has 0 aromatic heterocycles. The van der Waals surface area contributed by atoms with Crippen LogP contribution in [-0.4, -0.2) is 6.04 Å². The number of nitrogen functional groups attached to an aromatic ring is 1. The van der Waals surface area contributed by atoms with Gasteiger partial charge in [-0.3, -0.25) is 0 Å². The lowest BCUT2D eigenvalue weighted by atomic mass is 9.62. The molecule has 1 unspecified atom stereocenters. The Hall–Kier alpha value is -1.32. The SMILES string of the molecule is CC1(C)C=C(c2ccc(N)cc2)CC(C)(C)C1N[O-]. The summed E-state index contributed by atoms with van der Waals surface area (Å²) in [5.41, 5.74) is 11.0. The Morgan fingerprint density at radius 2 is 1.74 bits per heavy atom.